The normalized spacial score (nSPS) is 27.3. The van der Waals surface area contributed by atoms with Crippen LogP contribution in [0.25, 0.3) is 0 Å². The first-order valence-corrected chi connectivity index (χ1v) is 16.4. The Morgan fingerprint density at radius 1 is 0.700 bits per heavy atom. The van der Waals surface area contributed by atoms with Gasteiger partial charge in [0.05, 0.1) is 13.2 Å². The van der Waals surface area contributed by atoms with Crippen molar-refractivity contribution >= 4 is 13.8 Å². The Hall–Kier alpha value is -0.660. The Labute approximate surface area is 238 Å². The maximum atomic E-state index is 12.2. The number of phosphoric ester groups is 1. The Morgan fingerprint density at radius 2 is 1.10 bits per heavy atom. The smallest absolute Gasteiger partial charge is 0.457 e. The van der Waals surface area contributed by atoms with Gasteiger partial charge in [-0.25, -0.2) is 4.57 Å². The van der Waals surface area contributed by atoms with Crippen molar-refractivity contribution in [2.45, 2.75) is 152 Å². The van der Waals surface area contributed by atoms with E-state index in [2.05, 4.69) is 11.4 Å². The third-order valence-electron chi connectivity index (χ3n) is 7.24. The van der Waals surface area contributed by atoms with E-state index in [1.807, 2.05) is 0 Å². The van der Waals surface area contributed by atoms with Crippen LogP contribution in [0.3, 0.4) is 0 Å². The highest BCUT2D eigenvalue weighted by molar-refractivity contribution is 7.47. The van der Waals surface area contributed by atoms with Crippen LogP contribution in [0.2, 0.25) is 0 Å². The van der Waals surface area contributed by atoms with Gasteiger partial charge in [0.25, 0.3) is 0 Å². The quantitative estimate of drug-likeness (QED) is 0.0513. The molecule has 5 unspecified atom stereocenters. The minimum absolute atomic E-state index is 0.126. The van der Waals surface area contributed by atoms with E-state index in [9.17, 15) is 44.9 Å². The van der Waals surface area contributed by atoms with E-state index in [1.165, 1.54) is 70.6 Å². The van der Waals surface area contributed by atoms with Gasteiger partial charge in [0.1, 0.15) is 42.7 Å². The molecule has 0 aliphatic heterocycles. The molecule has 0 aromatic heterocycles. The average molecular weight is 601 g/mol. The van der Waals surface area contributed by atoms with Crippen molar-refractivity contribution < 1.29 is 58.7 Å². The van der Waals surface area contributed by atoms with Crippen molar-refractivity contribution in [1.82, 2.24) is 0 Å². The molecule has 1 saturated carbocycles. The molecule has 0 aromatic rings. The van der Waals surface area contributed by atoms with Crippen LogP contribution in [0.5, 0.6) is 0 Å². The first-order valence-electron chi connectivity index (χ1n) is 14.9. The second kappa shape index (κ2) is 21.1. The predicted molar refractivity (Wildman–Crippen MR) is 147 cm³/mol. The monoisotopic (exact) mass is 600 g/mol. The van der Waals surface area contributed by atoms with Crippen molar-refractivity contribution in [3.8, 4) is 0 Å². The van der Waals surface area contributed by atoms with Crippen LogP contribution in [0.15, 0.2) is 0 Å². The lowest BCUT2D eigenvalue weighted by Crippen LogP contribution is -2.64. The van der Waals surface area contributed by atoms with Crippen molar-refractivity contribution in [2.75, 3.05) is 13.2 Å². The molecule has 8 atom stereocenters. The molecule has 0 saturated heterocycles. The fraction of sp³-hybridized carbons (Fsp3) is 0.963. The summed E-state index contributed by atoms with van der Waals surface area (Å²) in [5.74, 6) is -0.593. The summed E-state index contributed by atoms with van der Waals surface area (Å²) in [4.78, 5) is 22.0. The van der Waals surface area contributed by atoms with Gasteiger partial charge < -0.3 is 40.3 Å². The molecule has 40 heavy (non-hydrogen) atoms. The minimum atomic E-state index is -5.00. The molecule has 238 valence electrons. The third-order valence-corrected chi connectivity index (χ3v) is 8.22. The van der Waals surface area contributed by atoms with Gasteiger partial charge in [-0.2, -0.15) is 0 Å². The van der Waals surface area contributed by atoms with E-state index in [-0.39, 0.29) is 6.42 Å². The Kier molecular flexibility index (Phi) is 19.7. The van der Waals surface area contributed by atoms with E-state index in [0.717, 1.165) is 19.3 Å². The summed E-state index contributed by atoms with van der Waals surface area (Å²) < 4.78 is 26.7. The molecule has 7 N–H and O–H groups in total. The van der Waals surface area contributed by atoms with Crippen LogP contribution in [-0.4, -0.2) is 97.4 Å². The lowest BCUT2D eigenvalue weighted by Gasteiger charge is -2.41. The molecule has 13 heteroatoms. The van der Waals surface area contributed by atoms with Gasteiger partial charge >= 0.3 is 13.8 Å². The summed E-state index contributed by atoms with van der Waals surface area (Å²) >= 11 is 0. The van der Waals surface area contributed by atoms with Crippen molar-refractivity contribution in [3.63, 3.8) is 0 Å². The Balaban J connectivity index is 2.15. The zero-order chi connectivity index (χ0) is 30.0. The first-order chi connectivity index (χ1) is 19.0. The second-order valence-electron chi connectivity index (χ2n) is 10.8. The minimum Gasteiger partial charge on any atom is -0.457 e. The Bertz CT molecular complexity index is 695. The van der Waals surface area contributed by atoms with Gasteiger partial charge in [-0.05, 0) is 6.42 Å². The van der Waals surface area contributed by atoms with E-state index in [0.29, 0.717) is 6.42 Å². The summed E-state index contributed by atoms with van der Waals surface area (Å²) in [7, 11) is -5.00. The topological polar surface area (TPSA) is 203 Å². The summed E-state index contributed by atoms with van der Waals surface area (Å²) in [6.45, 7) is 0.821. The molecule has 0 aromatic carbocycles. The van der Waals surface area contributed by atoms with Crippen molar-refractivity contribution in [3.05, 3.63) is 0 Å². The number of ether oxygens (including phenoxy) is 1. The fourth-order valence-corrected chi connectivity index (χ4v) is 5.67. The van der Waals surface area contributed by atoms with Gasteiger partial charge in [-0.15, -0.1) is 0 Å². The zero-order valence-electron chi connectivity index (χ0n) is 23.9. The fourth-order valence-electron chi connectivity index (χ4n) is 4.69. The highest BCUT2D eigenvalue weighted by Gasteiger charge is 2.51. The van der Waals surface area contributed by atoms with E-state index in [1.54, 1.807) is 0 Å². The summed E-state index contributed by atoms with van der Waals surface area (Å²) in [6, 6.07) is 0. The molecule has 0 bridgehead atoms. The highest BCUT2D eigenvalue weighted by atomic mass is 31.2. The van der Waals surface area contributed by atoms with Gasteiger partial charge in [0.15, 0.2) is 0 Å². The third kappa shape index (κ3) is 15.0. The van der Waals surface area contributed by atoms with Gasteiger partial charge in [-0.1, -0.05) is 96.8 Å². The average Bonchev–Trinajstić information content (AvgIpc) is 2.93. The lowest BCUT2D eigenvalue weighted by atomic mass is 9.85. The SMILES string of the molecule is CCCCCCCCCCCCCCCCCC(=O)O[C@H](CO)COP(=O)(O)O[C@H]1C(O)C(O)C(O)[C@@H](O)C1O. The lowest BCUT2D eigenvalue weighted by molar-refractivity contribution is -0.220. The van der Waals surface area contributed by atoms with Crippen LogP contribution < -0.4 is 0 Å². The van der Waals surface area contributed by atoms with E-state index in [4.69, 9.17) is 9.26 Å². The molecule has 1 rings (SSSR count). The standard InChI is InChI=1S/C27H53O12P/c1-2-3-4-5-6-7-8-9-10-11-12-13-14-15-16-17-21(29)38-20(18-28)19-37-40(35,36)39-27-25(33)23(31)22(30)24(32)26(27)34/h20,22-28,30-34H,2-19H2,1H3,(H,35,36)/t20-,22?,23-,24?,25?,26?,27-/m1/s1. The maximum absolute atomic E-state index is 12.2. The number of carbonyl (C=O) groups is 1. The number of hydrogen-bond acceptors (Lipinski definition) is 11. The number of aliphatic hydroxyl groups excluding tert-OH is 6. The molecule has 0 amide bonds. The van der Waals surface area contributed by atoms with Gasteiger partial charge in [0, 0.05) is 6.42 Å². The molecule has 1 fully saturated rings. The number of hydrogen-bond donors (Lipinski definition) is 7. The van der Waals surface area contributed by atoms with Crippen LogP contribution in [0.4, 0.5) is 0 Å². The van der Waals surface area contributed by atoms with Gasteiger partial charge in [-0.3, -0.25) is 13.8 Å². The summed E-state index contributed by atoms with van der Waals surface area (Å²) in [5.41, 5.74) is 0. The largest absolute Gasteiger partial charge is 0.472 e. The van der Waals surface area contributed by atoms with E-state index >= 15 is 0 Å². The molecule has 1 aliphatic carbocycles. The summed E-state index contributed by atoms with van der Waals surface area (Å²) in [5, 5.41) is 58.3. The van der Waals surface area contributed by atoms with E-state index < -0.39 is 69.7 Å². The predicted octanol–water partition coefficient (Wildman–Crippen LogP) is 2.47. The number of phosphoric acid groups is 1. The van der Waals surface area contributed by atoms with Gasteiger partial charge in [0.2, 0.25) is 0 Å². The number of aliphatic hydroxyl groups is 6. The number of esters is 1. The molecule has 0 heterocycles. The molecule has 0 spiro atoms. The molecule has 12 nitrogen and oxygen atoms in total. The number of rotatable bonds is 23. The molecular weight excluding hydrogens is 547 g/mol. The summed E-state index contributed by atoms with van der Waals surface area (Å²) in [6.07, 6.45) is 5.08. The molecule has 0 radical (unpaired) electrons. The number of carbonyl (C=O) groups excluding carboxylic acids is 1. The van der Waals surface area contributed by atoms with Crippen LogP contribution in [0.1, 0.15) is 110 Å². The highest BCUT2D eigenvalue weighted by Crippen LogP contribution is 2.47. The van der Waals surface area contributed by atoms with Crippen LogP contribution >= 0.6 is 7.82 Å². The second-order valence-corrected chi connectivity index (χ2v) is 12.2. The Morgan fingerprint density at radius 3 is 1.52 bits per heavy atom. The molecular formula is C27H53O12P. The van der Waals surface area contributed by atoms with Crippen molar-refractivity contribution in [2.24, 2.45) is 0 Å². The maximum Gasteiger partial charge on any atom is 0.472 e. The van der Waals surface area contributed by atoms with Crippen molar-refractivity contribution in [1.29, 1.82) is 0 Å². The molecule has 1 aliphatic rings. The first kappa shape index (κ1) is 37.4. The zero-order valence-corrected chi connectivity index (χ0v) is 24.8. The van der Waals surface area contributed by atoms with Crippen LogP contribution in [0, 0.1) is 0 Å². The number of unbranched alkanes of at least 4 members (excludes halogenated alkanes) is 14. The van der Waals surface area contributed by atoms with Crippen LogP contribution in [-0.2, 0) is 23.1 Å².